The van der Waals surface area contributed by atoms with Crippen molar-refractivity contribution in [3.63, 3.8) is 0 Å². The highest BCUT2D eigenvalue weighted by molar-refractivity contribution is 5.85. The average molecular weight is 246 g/mol. The first kappa shape index (κ1) is 14.7. The van der Waals surface area contributed by atoms with E-state index in [4.69, 9.17) is 10.8 Å². The van der Waals surface area contributed by atoms with Crippen molar-refractivity contribution in [3.05, 3.63) is 29.8 Å². The van der Waals surface area contributed by atoms with Gasteiger partial charge in [-0.3, -0.25) is 4.79 Å². The molecule has 0 aromatic heterocycles. The molecule has 0 saturated carbocycles. The number of phenols is 1. The van der Waals surface area contributed by atoms with Crippen molar-refractivity contribution in [3.8, 4) is 5.75 Å². The number of rotatable bonds is 3. The molecule has 0 bridgehead atoms. The molecule has 0 amide bonds. The maximum atomic E-state index is 11.3. The van der Waals surface area contributed by atoms with Gasteiger partial charge >= 0.3 is 5.97 Å². The highest BCUT2D eigenvalue weighted by Gasteiger charge is 2.29. The van der Waals surface area contributed by atoms with Crippen LogP contribution < -0.4 is 5.73 Å². The molecule has 4 nitrogen and oxygen atoms in total. The summed E-state index contributed by atoms with van der Waals surface area (Å²) in [4.78, 5) is 11.3. The molecule has 1 aromatic rings. The monoisotopic (exact) mass is 245 g/mol. The summed E-state index contributed by atoms with van der Waals surface area (Å²) in [6, 6.07) is 6.57. The van der Waals surface area contributed by atoms with Crippen molar-refractivity contribution in [1.29, 1.82) is 0 Å². The fourth-order valence-electron chi connectivity index (χ4n) is 1.34. The minimum atomic E-state index is -1.04. The Kier molecular flexibility index (Phi) is 5.27. The normalized spacial score (nSPS) is 13.4. The van der Waals surface area contributed by atoms with Crippen LogP contribution in [0.1, 0.15) is 12.5 Å². The molecule has 0 aliphatic heterocycles. The molecule has 0 fully saturated rings. The number of methoxy groups -OCH3 is 1. The second-order valence-corrected chi connectivity index (χ2v) is 3.75. The zero-order valence-electron chi connectivity index (χ0n) is 9.27. The minimum Gasteiger partial charge on any atom is -0.508 e. The smallest absolute Gasteiger partial charge is 0.325 e. The van der Waals surface area contributed by atoms with Crippen LogP contribution in [0.2, 0.25) is 0 Å². The summed E-state index contributed by atoms with van der Waals surface area (Å²) in [7, 11) is 1.31. The number of halogens is 1. The summed E-state index contributed by atoms with van der Waals surface area (Å²) in [5.74, 6) is -0.258. The van der Waals surface area contributed by atoms with Crippen LogP contribution in [0.15, 0.2) is 24.3 Å². The van der Waals surface area contributed by atoms with E-state index in [1.165, 1.54) is 7.11 Å². The first-order valence-electron chi connectivity index (χ1n) is 4.61. The van der Waals surface area contributed by atoms with E-state index < -0.39 is 11.5 Å². The van der Waals surface area contributed by atoms with E-state index in [1.807, 2.05) is 0 Å². The van der Waals surface area contributed by atoms with Gasteiger partial charge in [0, 0.05) is 6.42 Å². The topological polar surface area (TPSA) is 72.5 Å². The van der Waals surface area contributed by atoms with Crippen molar-refractivity contribution in [2.45, 2.75) is 18.9 Å². The summed E-state index contributed by atoms with van der Waals surface area (Å²) in [6.07, 6.45) is 0.375. The third-order valence-corrected chi connectivity index (χ3v) is 2.16. The fourth-order valence-corrected chi connectivity index (χ4v) is 1.34. The van der Waals surface area contributed by atoms with E-state index in [-0.39, 0.29) is 18.2 Å². The van der Waals surface area contributed by atoms with Gasteiger partial charge in [0.1, 0.15) is 11.3 Å². The van der Waals surface area contributed by atoms with Gasteiger partial charge in [0.05, 0.1) is 7.11 Å². The largest absolute Gasteiger partial charge is 0.508 e. The number of esters is 1. The Hall–Kier alpha value is -1.26. The third-order valence-electron chi connectivity index (χ3n) is 2.16. The second-order valence-electron chi connectivity index (χ2n) is 3.75. The van der Waals surface area contributed by atoms with Gasteiger partial charge in [0.25, 0.3) is 0 Å². The fraction of sp³-hybridized carbons (Fsp3) is 0.364. The van der Waals surface area contributed by atoms with Crippen LogP contribution in [0.4, 0.5) is 0 Å². The predicted molar refractivity (Wildman–Crippen MR) is 63.7 cm³/mol. The number of phenolic OH excluding ortho intramolecular Hbond substituents is 1. The molecule has 5 heteroatoms. The Balaban J connectivity index is 0.00000225. The van der Waals surface area contributed by atoms with Gasteiger partial charge in [0.15, 0.2) is 0 Å². The highest BCUT2D eigenvalue weighted by Crippen LogP contribution is 2.15. The molecule has 0 spiro atoms. The van der Waals surface area contributed by atoms with Crippen LogP contribution in [0.5, 0.6) is 5.75 Å². The number of hydrogen-bond acceptors (Lipinski definition) is 4. The molecule has 1 rings (SSSR count). The maximum Gasteiger partial charge on any atom is 0.325 e. The maximum absolute atomic E-state index is 11.3. The third kappa shape index (κ3) is 3.72. The summed E-state index contributed by atoms with van der Waals surface area (Å²) in [6.45, 7) is 1.62. The molecule has 90 valence electrons. The molecule has 16 heavy (non-hydrogen) atoms. The Morgan fingerprint density at radius 2 is 1.94 bits per heavy atom. The van der Waals surface area contributed by atoms with E-state index in [1.54, 1.807) is 31.2 Å². The quantitative estimate of drug-likeness (QED) is 0.786. The van der Waals surface area contributed by atoms with Gasteiger partial charge in [-0.2, -0.15) is 0 Å². The Labute approximate surface area is 101 Å². The van der Waals surface area contributed by atoms with Crippen molar-refractivity contribution < 1.29 is 14.6 Å². The molecule has 0 aliphatic rings. The molecular weight excluding hydrogens is 230 g/mol. The number of aromatic hydroxyl groups is 1. The van der Waals surface area contributed by atoms with Gasteiger partial charge in [-0.1, -0.05) is 12.1 Å². The lowest BCUT2D eigenvalue weighted by Crippen LogP contribution is -2.47. The van der Waals surface area contributed by atoms with Gasteiger partial charge in [-0.25, -0.2) is 0 Å². The average Bonchev–Trinajstić information content (AvgIpc) is 2.20. The number of carbonyl (C=O) groups is 1. The Bertz CT molecular complexity index is 349. The zero-order valence-corrected chi connectivity index (χ0v) is 10.1. The van der Waals surface area contributed by atoms with E-state index in [0.29, 0.717) is 6.42 Å². The molecular formula is C11H16ClNO3. The number of ether oxygens (including phenoxy) is 1. The molecule has 0 radical (unpaired) electrons. The molecule has 0 heterocycles. The lowest BCUT2D eigenvalue weighted by atomic mass is 9.94. The SMILES string of the molecule is COC(=O)[C@@](C)(N)Cc1ccc(O)cc1.Cl. The molecule has 3 N–H and O–H groups in total. The predicted octanol–water partition coefficient (Wildman–Crippen LogP) is 1.25. The second kappa shape index (κ2) is 5.72. The number of nitrogens with two attached hydrogens (primary N) is 1. The molecule has 0 aliphatic carbocycles. The lowest BCUT2D eigenvalue weighted by molar-refractivity contribution is -0.146. The lowest BCUT2D eigenvalue weighted by Gasteiger charge is -2.21. The summed E-state index contributed by atoms with van der Waals surface area (Å²) >= 11 is 0. The van der Waals surface area contributed by atoms with E-state index in [0.717, 1.165) is 5.56 Å². The van der Waals surface area contributed by atoms with Crippen LogP contribution in [0.25, 0.3) is 0 Å². The standard InChI is InChI=1S/C11H15NO3.ClH/c1-11(12,10(14)15-2)7-8-3-5-9(13)6-4-8;/h3-6,13H,7,12H2,1-2H3;1H/t11-;/m0./s1. The van der Waals surface area contributed by atoms with Crippen LogP contribution >= 0.6 is 12.4 Å². The van der Waals surface area contributed by atoms with Crippen LogP contribution in [0, 0.1) is 0 Å². The van der Waals surface area contributed by atoms with Crippen molar-refractivity contribution in [2.75, 3.05) is 7.11 Å². The number of hydrogen-bond donors (Lipinski definition) is 2. The van der Waals surface area contributed by atoms with Crippen LogP contribution in [-0.2, 0) is 16.0 Å². The molecule has 1 aromatic carbocycles. The van der Waals surface area contributed by atoms with Crippen LogP contribution in [0.3, 0.4) is 0 Å². The van der Waals surface area contributed by atoms with Crippen molar-refractivity contribution in [2.24, 2.45) is 5.73 Å². The zero-order chi connectivity index (χ0) is 11.5. The Morgan fingerprint density at radius 3 is 2.38 bits per heavy atom. The van der Waals surface area contributed by atoms with Gasteiger partial charge in [-0.15, -0.1) is 12.4 Å². The van der Waals surface area contributed by atoms with E-state index in [9.17, 15) is 4.79 Å². The summed E-state index contributed by atoms with van der Waals surface area (Å²) in [5.41, 5.74) is 5.65. The van der Waals surface area contributed by atoms with Gasteiger partial charge in [0.2, 0.25) is 0 Å². The summed E-state index contributed by atoms with van der Waals surface area (Å²) in [5, 5.41) is 9.09. The number of benzene rings is 1. The van der Waals surface area contributed by atoms with Crippen molar-refractivity contribution >= 4 is 18.4 Å². The van der Waals surface area contributed by atoms with Crippen molar-refractivity contribution in [1.82, 2.24) is 0 Å². The van der Waals surface area contributed by atoms with Gasteiger partial charge in [-0.05, 0) is 24.6 Å². The molecule has 0 unspecified atom stereocenters. The first-order chi connectivity index (χ1) is 6.95. The van der Waals surface area contributed by atoms with Gasteiger partial charge < -0.3 is 15.6 Å². The summed E-state index contributed by atoms with van der Waals surface area (Å²) < 4.78 is 4.60. The first-order valence-corrected chi connectivity index (χ1v) is 4.61. The highest BCUT2D eigenvalue weighted by atomic mass is 35.5. The Morgan fingerprint density at radius 1 is 1.44 bits per heavy atom. The molecule has 0 saturated heterocycles. The van der Waals surface area contributed by atoms with E-state index in [2.05, 4.69) is 4.74 Å². The molecule has 1 atom stereocenters. The van der Waals surface area contributed by atoms with E-state index >= 15 is 0 Å². The number of carbonyl (C=O) groups excluding carboxylic acids is 1. The minimum absolute atomic E-state index is 0. The van der Waals surface area contributed by atoms with Crippen LogP contribution in [-0.4, -0.2) is 23.7 Å².